The van der Waals surface area contributed by atoms with E-state index in [0.717, 1.165) is 58.1 Å². The van der Waals surface area contributed by atoms with Crippen LogP contribution in [0.1, 0.15) is 19.8 Å². The van der Waals surface area contributed by atoms with E-state index in [2.05, 4.69) is 22.2 Å². The quantitative estimate of drug-likeness (QED) is 0.395. The average molecular weight is 337 g/mol. The number of hydrogen-bond acceptors (Lipinski definition) is 4. The van der Waals surface area contributed by atoms with E-state index in [1.54, 1.807) is 7.11 Å². The number of nitrogens with one attached hydrogen (secondary N) is 1. The minimum atomic E-state index is 0.579. The highest BCUT2D eigenvalue weighted by molar-refractivity contribution is 5.80. The molecule has 0 amide bonds. The number of hydrogen-bond donors (Lipinski definition) is 1. The van der Waals surface area contributed by atoms with Gasteiger partial charge in [0.15, 0.2) is 5.96 Å². The van der Waals surface area contributed by atoms with Crippen LogP contribution in [-0.2, 0) is 16.0 Å². The predicted molar refractivity (Wildman–Crippen MR) is 95.2 cm³/mol. The number of aromatic nitrogens is 2. The average Bonchev–Trinajstić information content (AvgIpc) is 3.26. The van der Waals surface area contributed by atoms with Crippen LogP contribution in [0.25, 0.3) is 0 Å². The third-order valence-corrected chi connectivity index (χ3v) is 4.07. The molecular formula is C17H31N5O2. The van der Waals surface area contributed by atoms with Crippen molar-refractivity contribution in [3.63, 3.8) is 0 Å². The second-order valence-corrected chi connectivity index (χ2v) is 6.03. The SMILES string of the molecule is CCNC(=NCCCn1cccn1)N1CCC(COCCOC)C1. The van der Waals surface area contributed by atoms with Crippen LogP contribution < -0.4 is 5.32 Å². The lowest BCUT2D eigenvalue weighted by atomic mass is 10.1. The molecule has 1 aliphatic heterocycles. The molecule has 7 nitrogen and oxygen atoms in total. The van der Waals surface area contributed by atoms with Crippen molar-refractivity contribution in [2.24, 2.45) is 10.9 Å². The first-order valence-electron chi connectivity index (χ1n) is 8.90. The topological polar surface area (TPSA) is 63.9 Å². The molecule has 24 heavy (non-hydrogen) atoms. The van der Waals surface area contributed by atoms with E-state index in [9.17, 15) is 0 Å². The molecule has 2 heterocycles. The summed E-state index contributed by atoms with van der Waals surface area (Å²) in [6.07, 6.45) is 5.95. The molecule has 0 aliphatic carbocycles. The maximum atomic E-state index is 5.66. The molecule has 1 aromatic heterocycles. The summed E-state index contributed by atoms with van der Waals surface area (Å²) in [6, 6.07) is 1.95. The number of guanidine groups is 1. The van der Waals surface area contributed by atoms with Gasteiger partial charge in [0, 0.05) is 58.1 Å². The number of ether oxygens (including phenoxy) is 2. The van der Waals surface area contributed by atoms with Gasteiger partial charge < -0.3 is 19.7 Å². The van der Waals surface area contributed by atoms with Crippen LogP contribution in [0.15, 0.2) is 23.5 Å². The van der Waals surface area contributed by atoms with Gasteiger partial charge in [-0.15, -0.1) is 0 Å². The van der Waals surface area contributed by atoms with Gasteiger partial charge in [0.25, 0.3) is 0 Å². The third-order valence-electron chi connectivity index (χ3n) is 4.07. The summed E-state index contributed by atoms with van der Waals surface area (Å²) in [6.45, 7) is 8.93. The molecule has 0 saturated carbocycles. The Balaban J connectivity index is 1.72. The standard InChI is InChI=1S/C17H31N5O2/c1-3-18-17(19-7-4-9-22-10-5-8-20-22)21-11-6-16(14-21)15-24-13-12-23-2/h5,8,10,16H,3-4,6-7,9,11-15H2,1-2H3,(H,18,19). The maximum absolute atomic E-state index is 5.66. The van der Waals surface area contributed by atoms with Crippen LogP contribution >= 0.6 is 0 Å². The summed E-state index contributed by atoms with van der Waals surface area (Å²) in [5, 5.41) is 7.63. The fourth-order valence-electron chi connectivity index (χ4n) is 2.83. The number of aryl methyl sites for hydroxylation is 1. The van der Waals surface area contributed by atoms with Crippen molar-refractivity contribution in [3.8, 4) is 0 Å². The van der Waals surface area contributed by atoms with Crippen LogP contribution in [0.3, 0.4) is 0 Å². The van der Waals surface area contributed by atoms with Crippen LogP contribution in [0.2, 0.25) is 0 Å². The van der Waals surface area contributed by atoms with Gasteiger partial charge in [-0.2, -0.15) is 5.10 Å². The van der Waals surface area contributed by atoms with Crippen molar-refractivity contribution < 1.29 is 9.47 Å². The maximum Gasteiger partial charge on any atom is 0.193 e. The van der Waals surface area contributed by atoms with Gasteiger partial charge in [0.05, 0.1) is 19.8 Å². The fraction of sp³-hybridized carbons (Fsp3) is 0.765. The Labute approximate surface area is 145 Å². The minimum absolute atomic E-state index is 0.579. The van der Waals surface area contributed by atoms with E-state index in [4.69, 9.17) is 14.5 Å². The van der Waals surface area contributed by atoms with Gasteiger partial charge in [-0.3, -0.25) is 9.67 Å². The zero-order valence-electron chi connectivity index (χ0n) is 15.0. The van der Waals surface area contributed by atoms with Crippen molar-refractivity contribution in [2.45, 2.75) is 26.3 Å². The lowest BCUT2D eigenvalue weighted by molar-refractivity contribution is 0.0536. The van der Waals surface area contributed by atoms with Crippen LogP contribution in [0.4, 0.5) is 0 Å². The van der Waals surface area contributed by atoms with Crippen molar-refractivity contribution in [1.82, 2.24) is 20.0 Å². The molecule has 1 N–H and O–H groups in total. The lowest BCUT2D eigenvalue weighted by Crippen LogP contribution is -2.40. The van der Waals surface area contributed by atoms with Gasteiger partial charge in [-0.1, -0.05) is 0 Å². The third kappa shape index (κ3) is 6.49. The molecule has 0 aromatic carbocycles. The van der Waals surface area contributed by atoms with E-state index in [0.29, 0.717) is 19.1 Å². The Hall–Kier alpha value is -1.60. The number of nitrogens with zero attached hydrogens (tertiary/aromatic N) is 4. The molecule has 1 aromatic rings. The molecule has 1 aliphatic rings. The van der Waals surface area contributed by atoms with Gasteiger partial charge in [-0.05, 0) is 25.8 Å². The summed E-state index contributed by atoms with van der Waals surface area (Å²) >= 11 is 0. The summed E-state index contributed by atoms with van der Waals surface area (Å²) in [5.41, 5.74) is 0. The fourth-order valence-corrected chi connectivity index (χ4v) is 2.83. The van der Waals surface area contributed by atoms with Crippen molar-refractivity contribution >= 4 is 5.96 Å². The summed E-state index contributed by atoms with van der Waals surface area (Å²) in [7, 11) is 1.70. The Morgan fingerprint density at radius 2 is 2.33 bits per heavy atom. The first-order valence-corrected chi connectivity index (χ1v) is 8.90. The highest BCUT2D eigenvalue weighted by Gasteiger charge is 2.24. The Morgan fingerprint density at radius 1 is 1.42 bits per heavy atom. The summed E-state index contributed by atoms with van der Waals surface area (Å²) < 4.78 is 12.6. The number of likely N-dealkylation sites (tertiary alicyclic amines) is 1. The largest absolute Gasteiger partial charge is 0.382 e. The van der Waals surface area contributed by atoms with E-state index >= 15 is 0 Å². The normalized spacial score (nSPS) is 18.3. The molecule has 1 fully saturated rings. The zero-order chi connectivity index (χ0) is 17.0. The zero-order valence-corrected chi connectivity index (χ0v) is 15.0. The molecule has 0 radical (unpaired) electrons. The smallest absolute Gasteiger partial charge is 0.193 e. The predicted octanol–water partition coefficient (Wildman–Crippen LogP) is 1.22. The second-order valence-electron chi connectivity index (χ2n) is 6.03. The van der Waals surface area contributed by atoms with Gasteiger partial charge in [0.2, 0.25) is 0 Å². The highest BCUT2D eigenvalue weighted by atomic mass is 16.5. The first-order chi connectivity index (χ1) is 11.8. The first kappa shape index (κ1) is 18.7. The summed E-state index contributed by atoms with van der Waals surface area (Å²) in [5.74, 6) is 1.60. The highest BCUT2D eigenvalue weighted by Crippen LogP contribution is 2.16. The van der Waals surface area contributed by atoms with Crippen molar-refractivity contribution in [1.29, 1.82) is 0 Å². The van der Waals surface area contributed by atoms with E-state index in [1.807, 2.05) is 23.1 Å². The lowest BCUT2D eigenvalue weighted by Gasteiger charge is -2.21. The molecule has 7 heteroatoms. The van der Waals surface area contributed by atoms with Crippen LogP contribution in [-0.4, -0.2) is 73.7 Å². The molecule has 0 bridgehead atoms. The van der Waals surface area contributed by atoms with E-state index in [1.165, 1.54) is 0 Å². The Bertz CT molecular complexity index is 464. The number of methoxy groups -OCH3 is 1. The number of rotatable bonds is 10. The molecule has 1 atom stereocenters. The molecule has 1 unspecified atom stereocenters. The summed E-state index contributed by atoms with van der Waals surface area (Å²) in [4.78, 5) is 7.12. The Morgan fingerprint density at radius 3 is 3.08 bits per heavy atom. The van der Waals surface area contributed by atoms with E-state index < -0.39 is 0 Å². The molecule has 1 saturated heterocycles. The van der Waals surface area contributed by atoms with Crippen molar-refractivity contribution in [3.05, 3.63) is 18.5 Å². The Kier molecular flexibility index (Phi) is 8.62. The van der Waals surface area contributed by atoms with Crippen LogP contribution in [0.5, 0.6) is 0 Å². The molecule has 0 spiro atoms. The number of aliphatic imine (C=N–C) groups is 1. The van der Waals surface area contributed by atoms with Crippen LogP contribution in [0, 0.1) is 5.92 Å². The molecule has 136 valence electrons. The monoisotopic (exact) mass is 337 g/mol. The van der Waals surface area contributed by atoms with Gasteiger partial charge >= 0.3 is 0 Å². The van der Waals surface area contributed by atoms with E-state index in [-0.39, 0.29) is 0 Å². The van der Waals surface area contributed by atoms with Crippen molar-refractivity contribution in [2.75, 3.05) is 53.1 Å². The van der Waals surface area contributed by atoms with Gasteiger partial charge in [0.1, 0.15) is 0 Å². The molecule has 2 rings (SSSR count). The molecular weight excluding hydrogens is 306 g/mol. The van der Waals surface area contributed by atoms with Gasteiger partial charge in [-0.25, -0.2) is 0 Å². The minimum Gasteiger partial charge on any atom is -0.382 e. The second kappa shape index (κ2) is 11.0.